The molecule has 2 aromatic rings. The van der Waals surface area contributed by atoms with Crippen molar-refractivity contribution in [1.29, 1.82) is 0 Å². The minimum absolute atomic E-state index is 0.0588. The average molecular weight is 276 g/mol. The highest BCUT2D eigenvalue weighted by molar-refractivity contribution is 6.06. The van der Waals surface area contributed by atoms with E-state index in [0.29, 0.717) is 17.9 Å². The number of aromatic amines is 2. The van der Waals surface area contributed by atoms with Crippen LogP contribution in [0.4, 0.5) is 11.5 Å². The largest absolute Gasteiger partial charge is 0.395 e. The van der Waals surface area contributed by atoms with E-state index in [0.717, 1.165) is 11.4 Å². The van der Waals surface area contributed by atoms with Gasteiger partial charge in [0.15, 0.2) is 11.5 Å². The molecule has 2 rings (SSSR count). The van der Waals surface area contributed by atoms with Crippen LogP contribution in [0, 0.1) is 0 Å². The number of H-pyrrole nitrogens is 2. The maximum atomic E-state index is 12.1. The first kappa shape index (κ1) is 14.1. The van der Waals surface area contributed by atoms with Gasteiger partial charge in [0.1, 0.15) is 0 Å². The van der Waals surface area contributed by atoms with Gasteiger partial charge in [-0.2, -0.15) is 10.2 Å². The number of aromatic nitrogens is 4. The summed E-state index contributed by atoms with van der Waals surface area (Å²) in [7, 11) is 0. The molecule has 2 aromatic heterocycles. The van der Waals surface area contributed by atoms with Crippen molar-refractivity contribution in [2.24, 2.45) is 0 Å². The molecule has 7 heteroatoms. The van der Waals surface area contributed by atoms with E-state index >= 15 is 0 Å². The van der Waals surface area contributed by atoms with Crippen LogP contribution in [0.3, 0.4) is 0 Å². The summed E-state index contributed by atoms with van der Waals surface area (Å²) >= 11 is 0. The van der Waals surface area contributed by atoms with Crippen molar-refractivity contribution in [3.05, 3.63) is 23.1 Å². The Kier molecular flexibility index (Phi) is 3.52. The number of carbonyl (C=O) groups excluding carboxylic acids is 1. The molecule has 0 bridgehead atoms. The van der Waals surface area contributed by atoms with Gasteiger partial charge in [0.2, 0.25) is 0 Å². The molecule has 108 valence electrons. The second kappa shape index (κ2) is 4.99. The van der Waals surface area contributed by atoms with Crippen LogP contribution in [-0.4, -0.2) is 26.3 Å². The Bertz CT molecular complexity index is 619. The maximum Gasteiger partial charge on any atom is 0.279 e. The topological polar surface area (TPSA) is 112 Å². The Hall–Kier alpha value is -2.31. The first-order chi connectivity index (χ1) is 9.32. The summed E-state index contributed by atoms with van der Waals surface area (Å²) in [6.07, 6.45) is 0.697. The van der Waals surface area contributed by atoms with Crippen molar-refractivity contribution >= 4 is 17.4 Å². The molecule has 0 saturated carbocycles. The summed E-state index contributed by atoms with van der Waals surface area (Å²) in [4.78, 5) is 12.1. The molecule has 0 saturated heterocycles. The number of hydrogen-bond acceptors (Lipinski definition) is 4. The average Bonchev–Trinajstić information content (AvgIpc) is 2.95. The predicted molar refractivity (Wildman–Crippen MR) is 77.6 cm³/mol. The minimum atomic E-state index is -0.370. The van der Waals surface area contributed by atoms with Gasteiger partial charge >= 0.3 is 0 Å². The van der Waals surface area contributed by atoms with Crippen LogP contribution in [0.2, 0.25) is 0 Å². The Labute approximate surface area is 117 Å². The van der Waals surface area contributed by atoms with Crippen LogP contribution < -0.4 is 11.1 Å². The predicted octanol–water partition coefficient (Wildman–Crippen LogP) is 1.83. The van der Waals surface area contributed by atoms with Crippen molar-refractivity contribution in [1.82, 2.24) is 20.4 Å². The molecule has 20 heavy (non-hydrogen) atoms. The highest BCUT2D eigenvalue weighted by Crippen LogP contribution is 2.22. The SMILES string of the molecule is CCc1[nH]nc(C(=O)Nc2cc(C(C)(C)C)[nH]n2)c1N. The quantitative estimate of drug-likeness (QED) is 0.685. The molecule has 0 fully saturated rings. The Morgan fingerprint density at radius 2 is 2.05 bits per heavy atom. The highest BCUT2D eigenvalue weighted by atomic mass is 16.2. The molecule has 1 amide bonds. The Morgan fingerprint density at radius 3 is 2.55 bits per heavy atom. The molecular formula is C13H20N6O. The second-order valence-corrected chi connectivity index (χ2v) is 5.69. The smallest absolute Gasteiger partial charge is 0.279 e. The molecule has 2 heterocycles. The van der Waals surface area contributed by atoms with Crippen LogP contribution >= 0.6 is 0 Å². The molecule has 0 unspecified atom stereocenters. The van der Waals surface area contributed by atoms with E-state index in [1.54, 1.807) is 0 Å². The van der Waals surface area contributed by atoms with E-state index in [2.05, 4.69) is 46.5 Å². The summed E-state index contributed by atoms with van der Waals surface area (Å²) in [5.74, 6) is 0.0887. The summed E-state index contributed by atoms with van der Waals surface area (Å²) in [5, 5.41) is 16.4. The number of rotatable bonds is 3. The standard InChI is InChI=1S/C13H20N6O/c1-5-7-10(14)11(19-16-7)12(20)15-9-6-8(17-18-9)13(2,3)4/h6H,5,14H2,1-4H3,(H,16,19)(H2,15,17,18,20). The van der Waals surface area contributed by atoms with Gasteiger partial charge in [-0.3, -0.25) is 15.0 Å². The summed E-state index contributed by atoms with van der Waals surface area (Å²) in [6, 6.07) is 1.81. The molecule has 7 nitrogen and oxygen atoms in total. The van der Waals surface area contributed by atoms with E-state index in [9.17, 15) is 4.79 Å². The molecule has 0 aliphatic heterocycles. The van der Waals surface area contributed by atoms with Gasteiger partial charge in [0.05, 0.1) is 11.4 Å². The van der Waals surface area contributed by atoms with Gasteiger partial charge in [-0.15, -0.1) is 0 Å². The summed E-state index contributed by atoms with van der Waals surface area (Å²) in [5.41, 5.74) is 8.08. The third-order valence-electron chi connectivity index (χ3n) is 3.08. The molecule has 0 radical (unpaired) electrons. The normalized spacial score (nSPS) is 11.6. The highest BCUT2D eigenvalue weighted by Gasteiger charge is 2.20. The monoisotopic (exact) mass is 276 g/mol. The van der Waals surface area contributed by atoms with Crippen LogP contribution in [0.15, 0.2) is 6.07 Å². The number of nitrogens with zero attached hydrogens (tertiary/aromatic N) is 2. The molecule has 0 atom stereocenters. The summed E-state index contributed by atoms with van der Waals surface area (Å²) in [6.45, 7) is 8.12. The zero-order chi connectivity index (χ0) is 14.9. The van der Waals surface area contributed by atoms with Gasteiger partial charge in [-0.25, -0.2) is 0 Å². The van der Waals surface area contributed by atoms with E-state index in [1.165, 1.54) is 0 Å². The second-order valence-electron chi connectivity index (χ2n) is 5.69. The van der Waals surface area contributed by atoms with Crippen LogP contribution in [-0.2, 0) is 11.8 Å². The summed E-state index contributed by atoms with van der Waals surface area (Å²) < 4.78 is 0. The molecule has 0 aliphatic carbocycles. The van der Waals surface area contributed by atoms with Crippen molar-refractivity contribution in [2.75, 3.05) is 11.1 Å². The van der Waals surface area contributed by atoms with Crippen molar-refractivity contribution in [3.8, 4) is 0 Å². The lowest BCUT2D eigenvalue weighted by atomic mass is 9.92. The third kappa shape index (κ3) is 2.66. The van der Waals surface area contributed by atoms with E-state index < -0.39 is 0 Å². The fourth-order valence-corrected chi connectivity index (χ4v) is 1.77. The minimum Gasteiger partial charge on any atom is -0.395 e. The van der Waals surface area contributed by atoms with Crippen molar-refractivity contribution < 1.29 is 4.79 Å². The van der Waals surface area contributed by atoms with Gasteiger partial charge < -0.3 is 11.1 Å². The number of nitrogen functional groups attached to an aromatic ring is 1. The molecule has 0 aromatic carbocycles. The first-order valence-electron chi connectivity index (χ1n) is 6.53. The number of nitrogens with two attached hydrogens (primary N) is 1. The zero-order valence-corrected chi connectivity index (χ0v) is 12.2. The number of hydrogen-bond donors (Lipinski definition) is 4. The van der Waals surface area contributed by atoms with E-state index in [1.807, 2.05) is 13.0 Å². The Balaban J connectivity index is 2.15. The van der Waals surface area contributed by atoms with Gasteiger partial charge in [0, 0.05) is 17.2 Å². The number of carbonyl (C=O) groups is 1. The lowest BCUT2D eigenvalue weighted by molar-refractivity contribution is 0.102. The van der Waals surface area contributed by atoms with Crippen LogP contribution in [0.25, 0.3) is 0 Å². The van der Waals surface area contributed by atoms with Crippen molar-refractivity contribution in [2.45, 2.75) is 39.5 Å². The first-order valence-corrected chi connectivity index (χ1v) is 6.53. The van der Waals surface area contributed by atoms with Gasteiger partial charge in [-0.05, 0) is 6.42 Å². The fourth-order valence-electron chi connectivity index (χ4n) is 1.77. The number of amides is 1. The van der Waals surface area contributed by atoms with Crippen molar-refractivity contribution in [3.63, 3.8) is 0 Å². The van der Waals surface area contributed by atoms with E-state index in [4.69, 9.17) is 5.73 Å². The van der Waals surface area contributed by atoms with Crippen LogP contribution in [0.1, 0.15) is 49.6 Å². The molecule has 5 N–H and O–H groups in total. The Morgan fingerprint density at radius 1 is 1.35 bits per heavy atom. The lowest BCUT2D eigenvalue weighted by Gasteiger charge is -2.14. The maximum absolute atomic E-state index is 12.1. The zero-order valence-electron chi connectivity index (χ0n) is 12.2. The third-order valence-corrected chi connectivity index (χ3v) is 3.08. The molecule has 0 aliphatic rings. The van der Waals surface area contributed by atoms with Crippen LogP contribution in [0.5, 0.6) is 0 Å². The number of nitrogens with one attached hydrogen (secondary N) is 3. The number of anilines is 2. The molecular weight excluding hydrogens is 256 g/mol. The molecule has 0 spiro atoms. The lowest BCUT2D eigenvalue weighted by Crippen LogP contribution is -2.14. The van der Waals surface area contributed by atoms with Gasteiger partial charge in [-0.1, -0.05) is 27.7 Å². The van der Waals surface area contributed by atoms with Gasteiger partial charge in [0.25, 0.3) is 5.91 Å². The fraction of sp³-hybridized carbons (Fsp3) is 0.462. The van der Waals surface area contributed by atoms with E-state index in [-0.39, 0.29) is 17.0 Å². The number of aryl methyl sites for hydroxylation is 1.